The van der Waals surface area contributed by atoms with Crippen molar-refractivity contribution in [1.82, 2.24) is 10.5 Å². The Morgan fingerprint density at radius 3 is 2.48 bits per heavy atom. The molecule has 0 fully saturated rings. The van der Waals surface area contributed by atoms with E-state index in [1.54, 1.807) is 12.1 Å². The van der Waals surface area contributed by atoms with Gasteiger partial charge in [0.25, 0.3) is 15.9 Å². The number of hydrogen-bond donors (Lipinski definition) is 2. The summed E-state index contributed by atoms with van der Waals surface area (Å²) in [5.74, 6) is -0.190. The number of aromatic nitrogens is 1. The first-order valence-corrected chi connectivity index (χ1v) is 7.62. The minimum atomic E-state index is -3.88. The number of nitrogens with zero attached hydrogens (tertiary/aromatic N) is 1. The lowest BCUT2D eigenvalue weighted by Crippen LogP contribution is -2.22. The van der Waals surface area contributed by atoms with E-state index in [4.69, 9.17) is 4.52 Å². The summed E-state index contributed by atoms with van der Waals surface area (Å²) < 4.78 is 32.1. The molecule has 0 saturated carbocycles. The summed E-state index contributed by atoms with van der Waals surface area (Å²) >= 11 is 0. The number of benzene rings is 1. The molecule has 0 aliphatic rings. The maximum Gasteiger partial charge on any atom is 0.267 e. The molecule has 0 radical (unpaired) electrons. The molecule has 112 valence electrons. The fraction of sp³-hybridized carbons (Fsp3) is 0.231. The minimum Gasteiger partial charge on any atom is -0.360 e. The zero-order valence-electron chi connectivity index (χ0n) is 11.8. The largest absolute Gasteiger partial charge is 0.360 e. The topological polar surface area (TPSA) is 101 Å². The van der Waals surface area contributed by atoms with Crippen LogP contribution >= 0.6 is 0 Å². The first-order chi connectivity index (χ1) is 9.86. The maximum atomic E-state index is 12.4. The van der Waals surface area contributed by atoms with E-state index >= 15 is 0 Å². The zero-order valence-corrected chi connectivity index (χ0v) is 12.6. The molecule has 0 aliphatic heterocycles. The number of para-hydroxylation sites is 1. The third-order valence-corrected chi connectivity index (χ3v) is 4.49. The Morgan fingerprint density at radius 1 is 1.24 bits per heavy atom. The van der Waals surface area contributed by atoms with Crippen LogP contribution in [0.4, 0.5) is 5.69 Å². The monoisotopic (exact) mass is 309 g/mol. The van der Waals surface area contributed by atoms with E-state index in [9.17, 15) is 13.2 Å². The summed E-state index contributed by atoms with van der Waals surface area (Å²) in [6.07, 6.45) is 0. The smallest absolute Gasteiger partial charge is 0.267 e. The molecule has 21 heavy (non-hydrogen) atoms. The summed E-state index contributed by atoms with van der Waals surface area (Å²) in [6.45, 7) is 3.05. The van der Waals surface area contributed by atoms with E-state index < -0.39 is 10.0 Å². The van der Waals surface area contributed by atoms with Gasteiger partial charge < -0.3 is 9.84 Å². The van der Waals surface area contributed by atoms with Gasteiger partial charge in [0, 0.05) is 7.05 Å². The van der Waals surface area contributed by atoms with Crippen LogP contribution in [0.15, 0.2) is 33.7 Å². The van der Waals surface area contributed by atoms with Crippen molar-refractivity contribution in [2.45, 2.75) is 18.7 Å². The molecule has 2 rings (SSSR count). The predicted molar refractivity (Wildman–Crippen MR) is 76.6 cm³/mol. The lowest BCUT2D eigenvalue weighted by atomic mass is 10.2. The van der Waals surface area contributed by atoms with Crippen molar-refractivity contribution >= 4 is 21.6 Å². The van der Waals surface area contributed by atoms with Gasteiger partial charge in [0.15, 0.2) is 10.7 Å². The molecule has 0 aliphatic carbocycles. The van der Waals surface area contributed by atoms with Crippen molar-refractivity contribution in [1.29, 1.82) is 0 Å². The summed E-state index contributed by atoms with van der Waals surface area (Å²) in [6, 6.07) is 6.33. The first-order valence-electron chi connectivity index (χ1n) is 6.13. The molecule has 0 unspecified atom stereocenters. The van der Waals surface area contributed by atoms with Crippen molar-refractivity contribution < 1.29 is 17.7 Å². The number of carbonyl (C=O) groups excluding carboxylic acids is 1. The van der Waals surface area contributed by atoms with E-state index in [1.165, 1.54) is 33.0 Å². The van der Waals surface area contributed by atoms with Crippen molar-refractivity contribution in [3.05, 3.63) is 41.3 Å². The number of amides is 1. The van der Waals surface area contributed by atoms with Gasteiger partial charge in [-0.25, -0.2) is 8.42 Å². The molecule has 0 spiro atoms. The van der Waals surface area contributed by atoms with Crippen LogP contribution in [-0.2, 0) is 10.0 Å². The molecular weight excluding hydrogens is 294 g/mol. The van der Waals surface area contributed by atoms with E-state index in [1.807, 2.05) is 0 Å². The maximum absolute atomic E-state index is 12.4. The van der Waals surface area contributed by atoms with Gasteiger partial charge in [-0.1, -0.05) is 17.3 Å². The van der Waals surface area contributed by atoms with Crippen molar-refractivity contribution in [2.75, 3.05) is 11.8 Å². The number of nitrogens with one attached hydrogen (secondary N) is 2. The average molecular weight is 309 g/mol. The van der Waals surface area contributed by atoms with Gasteiger partial charge >= 0.3 is 0 Å². The molecule has 7 nitrogen and oxygen atoms in total. The highest BCUT2D eigenvalue weighted by atomic mass is 32.2. The fourth-order valence-electron chi connectivity index (χ4n) is 1.96. The molecule has 1 heterocycles. The van der Waals surface area contributed by atoms with Crippen molar-refractivity contribution in [3.8, 4) is 0 Å². The number of anilines is 1. The van der Waals surface area contributed by atoms with Gasteiger partial charge in [-0.3, -0.25) is 9.52 Å². The summed E-state index contributed by atoms with van der Waals surface area (Å²) in [4.78, 5) is 11.7. The molecule has 0 bridgehead atoms. The van der Waals surface area contributed by atoms with Crippen LogP contribution in [0.3, 0.4) is 0 Å². The van der Waals surface area contributed by atoms with Crippen molar-refractivity contribution in [2.24, 2.45) is 0 Å². The molecule has 1 aromatic carbocycles. The second-order valence-electron chi connectivity index (χ2n) is 4.38. The Hall–Kier alpha value is -2.35. The van der Waals surface area contributed by atoms with Crippen LogP contribution in [0.2, 0.25) is 0 Å². The van der Waals surface area contributed by atoms with Crippen LogP contribution in [0.5, 0.6) is 0 Å². The lowest BCUT2D eigenvalue weighted by Gasteiger charge is -2.11. The Balaban J connectivity index is 2.45. The lowest BCUT2D eigenvalue weighted by molar-refractivity contribution is 0.0964. The summed E-state index contributed by atoms with van der Waals surface area (Å²) in [5, 5.41) is 6.08. The van der Waals surface area contributed by atoms with Gasteiger partial charge in [0.1, 0.15) is 5.69 Å². The second-order valence-corrected chi connectivity index (χ2v) is 6.00. The highest BCUT2D eigenvalue weighted by Crippen LogP contribution is 2.24. The van der Waals surface area contributed by atoms with E-state index in [2.05, 4.69) is 15.2 Å². The van der Waals surface area contributed by atoms with Gasteiger partial charge in [0.2, 0.25) is 0 Å². The number of hydrogen-bond acceptors (Lipinski definition) is 5. The number of rotatable bonds is 4. The zero-order chi connectivity index (χ0) is 15.6. The minimum absolute atomic E-state index is 0.0193. The van der Waals surface area contributed by atoms with Crippen LogP contribution in [0.1, 0.15) is 21.8 Å². The quantitative estimate of drug-likeness (QED) is 0.890. The fourth-order valence-corrected chi connectivity index (χ4v) is 3.37. The Bertz CT molecular complexity index is 761. The second kappa shape index (κ2) is 5.57. The molecule has 2 N–H and O–H groups in total. The highest BCUT2D eigenvalue weighted by molar-refractivity contribution is 7.92. The Labute approximate surface area is 122 Å². The number of aryl methyl sites for hydroxylation is 2. The molecule has 1 aromatic heterocycles. The van der Waals surface area contributed by atoms with Crippen LogP contribution in [0.25, 0.3) is 0 Å². The van der Waals surface area contributed by atoms with Crippen LogP contribution in [-0.4, -0.2) is 26.5 Å². The molecule has 1 amide bonds. The van der Waals surface area contributed by atoms with Gasteiger partial charge in [-0.05, 0) is 26.0 Å². The number of carbonyl (C=O) groups is 1. The van der Waals surface area contributed by atoms with Gasteiger partial charge in [-0.15, -0.1) is 0 Å². The highest BCUT2D eigenvalue weighted by Gasteiger charge is 2.25. The summed E-state index contributed by atoms with van der Waals surface area (Å²) in [5.41, 5.74) is 0.685. The average Bonchev–Trinajstić information content (AvgIpc) is 2.78. The normalized spacial score (nSPS) is 11.2. The Kier molecular flexibility index (Phi) is 3.99. The SMILES string of the molecule is CNC(=O)c1ccccc1NS(=O)(=O)c1c(C)noc1C. The molecule has 2 aromatic rings. The van der Waals surface area contributed by atoms with Crippen LogP contribution < -0.4 is 10.0 Å². The number of sulfonamides is 1. The molecule has 0 saturated heterocycles. The van der Waals surface area contributed by atoms with Gasteiger partial charge in [-0.2, -0.15) is 0 Å². The van der Waals surface area contributed by atoms with E-state index in [0.717, 1.165) is 0 Å². The van der Waals surface area contributed by atoms with Crippen LogP contribution in [0, 0.1) is 13.8 Å². The predicted octanol–water partition coefficient (Wildman–Crippen LogP) is 1.45. The molecule has 0 atom stereocenters. The Morgan fingerprint density at radius 2 is 1.90 bits per heavy atom. The van der Waals surface area contributed by atoms with E-state index in [-0.39, 0.29) is 33.5 Å². The third kappa shape index (κ3) is 2.89. The van der Waals surface area contributed by atoms with Crippen molar-refractivity contribution in [3.63, 3.8) is 0 Å². The molecular formula is C13H15N3O4S. The summed E-state index contributed by atoms with van der Waals surface area (Å²) in [7, 11) is -2.41. The third-order valence-electron chi connectivity index (χ3n) is 2.88. The van der Waals surface area contributed by atoms with E-state index in [0.29, 0.717) is 0 Å². The van der Waals surface area contributed by atoms with Gasteiger partial charge in [0.05, 0.1) is 11.3 Å². The molecule has 8 heteroatoms. The first kappa shape index (κ1) is 15.0. The standard InChI is InChI=1S/C13H15N3O4S/c1-8-12(9(2)20-15-8)21(18,19)16-11-7-5-4-6-10(11)13(17)14-3/h4-7,16H,1-3H3,(H,14,17).